The van der Waals surface area contributed by atoms with Crippen LogP contribution in [-0.2, 0) is 4.79 Å². The van der Waals surface area contributed by atoms with Gasteiger partial charge in [-0.25, -0.2) is 0 Å². The Balaban J connectivity index is 3.23. The third-order valence-corrected chi connectivity index (χ3v) is 1.97. The van der Waals surface area contributed by atoms with Crippen LogP contribution >= 0.6 is 11.6 Å². The van der Waals surface area contributed by atoms with Crippen molar-refractivity contribution in [1.82, 2.24) is 0 Å². The Morgan fingerprint density at radius 2 is 1.75 bits per heavy atom. The fourth-order valence-corrected chi connectivity index (χ4v) is 1.20. The predicted molar refractivity (Wildman–Crippen MR) is 50.5 cm³/mol. The van der Waals surface area contributed by atoms with E-state index in [0.717, 1.165) is 12.1 Å². The first-order valence-electron chi connectivity index (χ1n) is 4.06. The van der Waals surface area contributed by atoms with Gasteiger partial charge in [0.15, 0.2) is 0 Å². The Labute approximate surface area is 94.0 Å². The lowest BCUT2D eigenvalue weighted by atomic mass is 10.1. The quantitative estimate of drug-likeness (QED) is 0.753. The lowest BCUT2D eigenvalue weighted by Crippen LogP contribution is -2.22. The van der Waals surface area contributed by atoms with E-state index in [1.165, 1.54) is 12.1 Å². The molecule has 0 aromatic heterocycles. The van der Waals surface area contributed by atoms with Crippen LogP contribution in [0.2, 0.25) is 5.02 Å². The molecule has 0 spiro atoms. The molecule has 1 aromatic carbocycles. The van der Waals surface area contributed by atoms with Gasteiger partial charge in [-0.1, -0.05) is 23.7 Å². The number of carboxylic acid groups (broad SMARTS) is 1. The molecule has 0 fully saturated rings. The number of carbonyl (C=O) groups is 1. The molecule has 0 amide bonds. The van der Waals surface area contributed by atoms with Gasteiger partial charge in [-0.05, 0) is 23.8 Å². The van der Waals surface area contributed by atoms with Crippen LogP contribution < -0.4 is 5.11 Å². The molecule has 0 saturated carbocycles. The summed E-state index contributed by atoms with van der Waals surface area (Å²) in [6.45, 7) is 0. The molecule has 1 aromatic rings. The second kappa shape index (κ2) is 4.57. The molecule has 0 heterocycles. The standard InChI is InChI=1S/C10H6ClF3O2/c11-7-3-1-6(2-4-7)8(5-9(15)16)10(12,13)14/h1-5H,(H,15,16)/p-1/b8-5-. The predicted octanol–water partition coefficient (Wildman–Crippen LogP) is 2.04. The number of allylic oxidation sites excluding steroid dienone is 1. The zero-order valence-corrected chi connectivity index (χ0v) is 8.47. The molecule has 0 aliphatic heterocycles. The zero-order valence-electron chi connectivity index (χ0n) is 7.72. The minimum Gasteiger partial charge on any atom is -0.545 e. The van der Waals surface area contributed by atoms with Gasteiger partial charge in [0.25, 0.3) is 0 Å². The summed E-state index contributed by atoms with van der Waals surface area (Å²) in [4.78, 5) is 10.2. The van der Waals surface area contributed by atoms with E-state index in [9.17, 15) is 23.1 Å². The summed E-state index contributed by atoms with van der Waals surface area (Å²) < 4.78 is 37.4. The molecule has 0 unspecified atom stereocenters. The van der Waals surface area contributed by atoms with Crippen molar-refractivity contribution in [3.63, 3.8) is 0 Å². The van der Waals surface area contributed by atoms with Gasteiger partial charge in [-0.3, -0.25) is 0 Å². The molecular formula is C10H5ClF3O2-. The highest BCUT2D eigenvalue weighted by molar-refractivity contribution is 6.30. The summed E-state index contributed by atoms with van der Waals surface area (Å²) in [5, 5.41) is 10.4. The molecule has 2 nitrogen and oxygen atoms in total. The summed E-state index contributed by atoms with van der Waals surface area (Å²) in [5.74, 6) is -1.90. The van der Waals surface area contributed by atoms with Crippen LogP contribution in [0.3, 0.4) is 0 Å². The van der Waals surface area contributed by atoms with Crippen LogP contribution in [0.15, 0.2) is 30.3 Å². The summed E-state index contributed by atoms with van der Waals surface area (Å²) in [7, 11) is 0. The molecule has 0 aliphatic carbocycles. The fraction of sp³-hybridized carbons (Fsp3) is 0.100. The van der Waals surface area contributed by atoms with Crippen LogP contribution in [0.1, 0.15) is 5.56 Å². The lowest BCUT2D eigenvalue weighted by molar-refractivity contribution is -0.297. The van der Waals surface area contributed by atoms with E-state index in [1.807, 2.05) is 0 Å². The van der Waals surface area contributed by atoms with Gasteiger partial charge in [0.05, 0.1) is 11.5 Å². The van der Waals surface area contributed by atoms with Crippen molar-refractivity contribution in [2.75, 3.05) is 0 Å². The third kappa shape index (κ3) is 3.27. The maximum atomic E-state index is 12.5. The van der Waals surface area contributed by atoms with E-state index in [1.54, 1.807) is 0 Å². The van der Waals surface area contributed by atoms with Gasteiger partial charge in [0.2, 0.25) is 0 Å². The van der Waals surface area contributed by atoms with E-state index >= 15 is 0 Å². The van der Waals surface area contributed by atoms with Crippen molar-refractivity contribution in [2.24, 2.45) is 0 Å². The highest BCUT2D eigenvalue weighted by Gasteiger charge is 2.34. The minimum atomic E-state index is -4.76. The molecule has 0 radical (unpaired) electrons. The van der Waals surface area contributed by atoms with E-state index in [2.05, 4.69) is 0 Å². The topological polar surface area (TPSA) is 40.1 Å². The summed E-state index contributed by atoms with van der Waals surface area (Å²) in [6, 6.07) is 4.66. The maximum absolute atomic E-state index is 12.5. The first-order chi connectivity index (χ1) is 7.30. The van der Waals surface area contributed by atoms with Gasteiger partial charge >= 0.3 is 6.18 Å². The first-order valence-corrected chi connectivity index (χ1v) is 4.44. The number of halogens is 4. The lowest BCUT2D eigenvalue weighted by Gasteiger charge is -2.12. The minimum absolute atomic E-state index is 0.0171. The normalized spacial score (nSPS) is 12.6. The monoisotopic (exact) mass is 249 g/mol. The number of aliphatic carboxylic acids is 1. The van der Waals surface area contributed by atoms with Crippen molar-refractivity contribution in [3.05, 3.63) is 40.9 Å². The molecule has 6 heteroatoms. The Bertz CT molecular complexity index is 421. The van der Waals surface area contributed by atoms with Gasteiger partial charge in [0, 0.05) is 5.02 Å². The average Bonchev–Trinajstić information content (AvgIpc) is 2.14. The molecule has 0 aliphatic rings. The SMILES string of the molecule is O=C([O-])/C=C(/c1ccc(Cl)cc1)C(F)(F)F. The molecule has 86 valence electrons. The Kier molecular flexibility index (Phi) is 3.59. The van der Waals surface area contributed by atoms with Crippen LogP contribution in [0, 0.1) is 0 Å². The molecule has 16 heavy (non-hydrogen) atoms. The highest BCUT2D eigenvalue weighted by Crippen LogP contribution is 2.33. The number of benzene rings is 1. The van der Waals surface area contributed by atoms with E-state index in [-0.39, 0.29) is 16.7 Å². The fourth-order valence-electron chi connectivity index (χ4n) is 1.08. The molecule has 0 bridgehead atoms. The number of alkyl halides is 3. The van der Waals surface area contributed by atoms with Crippen LogP contribution in [-0.4, -0.2) is 12.1 Å². The van der Waals surface area contributed by atoms with Gasteiger partial charge < -0.3 is 9.90 Å². The molecule has 0 atom stereocenters. The number of rotatable bonds is 2. The van der Waals surface area contributed by atoms with E-state index in [4.69, 9.17) is 11.6 Å². The van der Waals surface area contributed by atoms with Crippen molar-refractivity contribution in [2.45, 2.75) is 6.18 Å². The van der Waals surface area contributed by atoms with Gasteiger partial charge in [0.1, 0.15) is 0 Å². The molecule has 0 N–H and O–H groups in total. The van der Waals surface area contributed by atoms with E-state index < -0.39 is 17.7 Å². The molecular weight excluding hydrogens is 245 g/mol. The summed E-state index contributed by atoms with van der Waals surface area (Å²) in [6.07, 6.45) is -4.74. The average molecular weight is 250 g/mol. The highest BCUT2D eigenvalue weighted by atomic mass is 35.5. The second-order valence-electron chi connectivity index (χ2n) is 2.88. The number of hydrogen-bond acceptors (Lipinski definition) is 2. The Morgan fingerprint density at radius 3 is 2.12 bits per heavy atom. The number of carboxylic acids is 1. The van der Waals surface area contributed by atoms with E-state index in [0.29, 0.717) is 0 Å². The summed E-state index contributed by atoms with van der Waals surface area (Å²) in [5.41, 5.74) is -1.55. The second-order valence-corrected chi connectivity index (χ2v) is 3.32. The van der Waals surface area contributed by atoms with Crippen LogP contribution in [0.4, 0.5) is 13.2 Å². The number of carbonyl (C=O) groups excluding carboxylic acids is 1. The molecule has 0 saturated heterocycles. The largest absolute Gasteiger partial charge is 0.545 e. The first kappa shape index (κ1) is 12.6. The van der Waals surface area contributed by atoms with Gasteiger partial charge in [-0.15, -0.1) is 0 Å². The van der Waals surface area contributed by atoms with Gasteiger partial charge in [-0.2, -0.15) is 13.2 Å². The van der Waals surface area contributed by atoms with Crippen molar-refractivity contribution in [1.29, 1.82) is 0 Å². The molecule has 1 rings (SSSR count). The Morgan fingerprint density at radius 1 is 1.25 bits per heavy atom. The van der Waals surface area contributed by atoms with Crippen molar-refractivity contribution < 1.29 is 23.1 Å². The van der Waals surface area contributed by atoms with Crippen LogP contribution in [0.25, 0.3) is 5.57 Å². The van der Waals surface area contributed by atoms with Crippen LogP contribution in [0.5, 0.6) is 0 Å². The smallest absolute Gasteiger partial charge is 0.417 e. The summed E-state index contributed by atoms with van der Waals surface area (Å²) >= 11 is 5.51. The number of hydrogen-bond donors (Lipinski definition) is 0. The van der Waals surface area contributed by atoms with Crippen molar-refractivity contribution in [3.8, 4) is 0 Å². The van der Waals surface area contributed by atoms with Crippen molar-refractivity contribution >= 4 is 23.1 Å². The Hall–Kier alpha value is -1.49. The third-order valence-electron chi connectivity index (χ3n) is 1.72. The zero-order chi connectivity index (χ0) is 12.3. The maximum Gasteiger partial charge on any atom is 0.417 e.